The van der Waals surface area contributed by atoms with Crippen molar-refractivity contribution in [2.24, 2.45) is 0 Å². The minimum Gasteiger partial charge on any atom is -0.508 e. The lowest BCUT2D eigenvalue weighted by Gasteiger charge is -2.06. The van der Waals surface area contributed by atoms with Gasteiger partial charge in [0.1, 0.15) is 5.75 Å². The summed E-state index contributed by atoms with van der Waals surface area (Å²) in [4.78, 5) is 3.51. The Kier molecular flexibility index (Phi) is 3.77. The SMILES string of the molecule is O=S(=O)(NCc1ccc(O)cc1)c1ncccc1F. The Bertz CT molecular complexity index is 672. The smallest absolute Gasteiger partial charge is 0.261 e. The van der Waals surface area contributed by atoms with Gasteiger partial charge in [0.2, 0.25) is 5.03 Å². The van der Waals surface area contributed by atoms with Crippen LogP contribution in [0.25, 0.3) is 0 Å². The molecule has 1 aromatic carbocycles. The van der Waals surface area contributed by atoms with E-state index in [2.05, 4.69) is 9.71 Å². The number of nitrogens with zero attached hydrogens (tertiary/aromatic N) is 1. The number of aromatic nitrogens is 1. The number of rotatable bonds is 4. The van der Waals surface area contributed by atoms with Crippen molar-refractivity contribution < 1.29 is 17.9 Å². The molecule has 5 nitrogen and oxygen atoms in total. The molecule has 0 saturated carbocycles. The van der Waals surface area contributed by atoms with Crippen LogP contribution >= 0.6 is 0 Å². The molecule has 1 heterocycles. The van der Waals surface area contributed by atoms with Crippen LogP contribution in [0.2, 0.25) is 0 Å². The second kappa shape index (κ2) is 5.33. The minimum atomic E-state index is -4.00. The average molecular weight is 282 g/mol. The number of nitrogens with one attached hydrogen (secondary N) is 1. The first kappa shape index (κ1) is 13.4. The standard InChI is InChI=1S/C12H11FN2O3S/c13-11-2-1-7-14-12(11)19(17,18)15-8-9-3-5-10(16)6-4-9/h1-7,15-16H,8H2. The van der Waals surface area contributed by atoms with Crippen LogP contribution in [0, 0.1) is 5.82 Å². The highest BCUT2D eigenvalue weighted by Crippen LogP contribution is 2.12. The van der Waals surface area contributed by atoms with Gasteiger partial charge >= 0.3 is 0 Å². The molecule has 2 rings (SSSR count). The van der Waals surface area contributed by atoms with Gasteiger partial charge in [-0.05, 0) is 29.8 Å². The third kappa shape index (κ3) is 3.27. The fourth-order valence-electron chi connectivity index (χ4n) is 1.43. The summed E-state index contributed by atoms with van der Waals surface area (Å²) < 4.78 is 39.2. The molecule has 0 aliphatic rings. The Morgan fingerprint density at radius 1 is 1.21 bits per heavy atom. The van der Waals surface area contributed by atoms with E-state index in [-0.39, 0.29) is 12.3 Å². The molecule has 0 saturated heterocycles. The predicted molar refractivity (Wildman–Crippen MR) is 66.3 cm³/mol. The number of phenolic OH excluding ortho intramolecular Hbond substituents is 1. The zero-order valence-electron chi connectivity index (χ0n) is 9.75. The van der Waals surface area contributed by atoms with E-state index >= 15 is 0 Å². The monoisotopic (exact) mass is 282 g/mol. The van der Waals surface area contributed by atoms with Crippen molar-refractivity contribution in [3.63, 3.8) is 0 Å². The Morgan fingerprint density at radius 2 is 1.89 bits per heavy atom. The van der Waals surface area contributed by atoms with E-state index in [1.165, 1.54) is 24.4 Å². The van der Waals surface area contributed by atoms with E-state index in [9.17, 15) is 12.8 Å². The lowest BCUT2D eigenvalue weighted by atomic mass is 10.2. The van der Waals surface area contributed by atoms with Gasteiger partial charge in [0, 0.05) is 12.7 Å². The molecule has 0 amide bonds. The number of benzene rings is 1. The lowest BCUT2D eigenvalue weighted by molar-refractivity contribution is 0.475. The fourth-order valence-corrected chi connectivity index (χ4v) is 2.45. The molecule has 19 heavy (non-hydrogen) atoms. The van der Waals surface area contributed by atoms with Gasteiger partial charge in [-0.1, -0.05) is 12.1 Å². The van der Waals surface area contributed by atoms with Crippen molar-refractivity contribution in [1.29, 1.82) is 0 Å². The number of pyridine rings is 1. The van der Waals surface area contributed by atoms with Crippen molar-refractivity contribution in [2.75, 3.05) is 0 Å². The van der Waals surface area contributed by atoms with Crippen LogP contribution in [0.5, 0.6) is 5.75 Å². The highest BCUT2D eigenvalue weighted by Gasteiger charge is 2.19. The van der Waals surface area contributed by atoms with E-state index in [4.69, 9.17) is 5.11 Å². The van der Waals surface area contributed by atoms with Gasteiger partial charge in [0.15, 0.2) is 5.82 Å². The maximum atomic E-state index is 13.3. The summed E-state index contributed by atoms with van der Waals surface area (Å²) in [5.41, 5.74) is 0.637. The number of halogens is 1. The number of sulfonamides is 1. The van der Waals surface area contributed by atoms with Crippen LogP contribution in [-0.4, -0.2) is 18.5 Å². The van der Waals surface area contributed by atoms with Crippen molar-refractivity contribution in [3.8, 4) is 5.75 Å². The molecule has 0 atom stereocenters. The normalized spacial score (nSPS) is 11.4. The molecule has 2 N–H and O–H groups in total. The average Bonchev–Trinajstić information content (AvgIpc) is 2.38. The first-order valence-electron chi connectivity index (χ1n) is 5.37. The number of hydrogen-bond acceptors (Lipinski definition) is 4. The summed E-state index contributed by atoms with van der Waals surface area (Å²) in [5.74, 6) is -0.817. The summed E-state index contributed by atoms with van der Waals surface area (Å²) in [5, 5.41) is 8.47. The fraction of sp³-hybridized carbons (Fsp3) is 0.0833. The van der Waals surface area contributed by atoms with Crippen molar-refractivity contribution in [1.82, 2.24) is 9.71 Å². The van der Waals surface area contributed by atoms with Crippen molar-refractivity contribution in [3.05, 3.63) is 54.0 Å². The van der Waals surface area contributed by atoms with Gasteiger partial charge < -0.3 is 5.11 Å². The first-order chi connectivity index (χ1) is 8.99. The molecule has 0 aliphatic carbocycles. The summed E-state index contributed by atoms with van der Waals surface area (Å²) >= 11 is 0. The van der Waals surface area contributed by atoms with Crippen LogP contribution in [0.3, 0.4) is 0 Å². The molecule has 0 fully saturated rings. The molecule has 0 unspecified atom stereocenters. The Hall–Kier alpha value is -1.99. The molecule has 100 valence electrons. The van der Waals surface area contributed by atoms with Crippen LogP contribution in [-0.2, 0) is 16.6 Å². The van der Waals surface area contributed by atoms with Gasteiger partial charge in [-0.15, -0.1) is 0 Å². The van der Waals surface area contributed by atoms with E-state index in [1.807, 2.05) is 0 Å². The van der Waals surface area contributed by atoms with Crippen LogP contribution < -0.4 is 4.72 Å². The second-order valence-corrected chi connectivity index (χ2v) is 5.46. The van der Waals surface area contributed by atoms with E-state index in [0.29, 0.717) is 5.56 Å². The Morgan fingerprint density at radius 3 is 2.53 bits per heavy atom. The zero-order chi connectivity index (χ0) is 13.9. The summed E-state index contributed by atoms with van der Waals surface area (Å²) in [7, 11) is -4.00. The Balaban J connectivity index is 2.14. The van der Waals surface area contributed by atoms with Gasteiger partial charge in [-0.3, -0.25) is 0 Å². The molecule has 2 aromatic rings. The zero-order valence-corrected chi connectivity index (χ0v) is 10.6. The van der Waals surface area contributed by atoms with E-state index < -0.39 is 20.9 Å². The molecule has 7 heteroatoms. The highest BCUT2D eigenvalue weighted by molar-refractivity contribution is 7.89. The van der Waals surface area contributed by atoms with Crippen LogP contribution in [0.1, 0.15) is 5.56 Å². The second-order valence-electron chi connectivity index (χ2n) is 3.78. The number of hydrogen-bond donors (Lipinski definition) is 2. The largest absolute Gasteiger partial charge is 0.508 e. The summed E-state index contributed by atoms with van der Waals surface area (Å²) in [6.45, 7) is -0.0153. The van der Waals surface area contributed by atoms with Gasteiger partial charge in [-0.2, -0.15) is 0 Å². The van der Waals surface area contributed by atoms with Gasteiger partial charge in [0.25, 0.3) is 10.0 Å². The predicted octanol–water partition coefficient (Wildman–Crippen LogP) is 1.40. The van der Waals surface area contributed by atoms with Gasteiger partial charge in [0.05, 0.1) is 0 Å². The van der Waals surface area contributed by atoms with E-state index in [0.717, 1.165) is 6.07 Å². The van der Waals surface area contributed by atoms with Gasteiger partial charge in [-0.25, -0.2) is 22.5 Å². The van der Waals surface area contributed by atoms with Crippen molar-refractivity contribution >= 4 is 10.0 Å². The summed E-state index contributed by atoms with van der Waals surface area (Å²) in [6.07, 6.45) is 1.21. The van der Waals surface area contributed by atoms with Crippen LogP contribution in [0.15, 0.2) is 47.6 Å². The number of aromatic hydroxyl groups is 1. The van der Waals surface area contributed by atoms with Crippen molar-refractivity contribution in [2.45, 2.75) is 11.6 Å². The third-order valence-corrected chi connectivity index (χ3v) is 3.72. The first-order valence-corrected chi connectivity index (χ1v) is 6.85. The molecule has 0 spiro atoms. The topological polar surface area (TPSA) is 79.3 Å². The summed E-state index contributed by atoms with van der Waals surface area (Å²) in [6, 6.07) is 8.34. The minimum absolute atomic E-state index is 0.0153. The van der Waals surface area contributed by atoms with E-state index in [1.54, 1.807) is 12.1 Å². The molecular weight excluding hydrogens is 271 g/mol. The molecular formula is C12H11FN2O3S. The lowest BCUT2D eigenvalue weighted by Crippen LogP contribution is -2.25. The maximum Gasteiger partial charge on any atom is 0.261 e. The third-order valence-electron chi connectivity index (χ3n) is 2.38. The highest BCUT2D eigenvalue weighted by atomic mass is 32.2. The number of phenols is 1. The Labute approximate surface area is 109 Å². The molecule has 0 aliphatic heterocycles. The molecule has 1 aromatic heterocycles. The molecule has 0 radical (unpaired) electrons. The maximum absolute atomic E-state index is 13.3. The molecule has 0 bridgehead atoms. The quantitative estimate of drug-likeness (QED) is 0.888. The van der Waals surface area contributed by atoms with Crippen LogP contribution in [0.4, 0.5) is 4.39 Å².